The van der Waals surface area contributed by atoms with Gasteiger partial charge in [0.1, 0.15) is 17.8 Å². The van der Waals surface area contributed by atoms with E-state index >= 15 is 0 Å². The second-order valence-corrected chi connectivity index (χ2v) is 8.43. The van der Waals surface area contributed by atoms with Crippen LogP contribution in [0.3, 0.4) is 0 Å². The summed E-state index contributed by atoms with van der Waals surface area (Å²) in [4.78, 5) is 34.3. The van der Waals surface area contributed by atoms with Gasteiger partial charge in [0.15, 0.2) is 0 Å². The number of H-pyrrole nitrogens is 1. The minimum Gasteiger partial charge on any atom is -0.370 e. The third-order valence-electron chi connectivity index (χ3n) is 5.09. The zero-order valence-corrected chi connectivity index (χ0v) is 18.0. The zero-order valence-electron chi connectivity index (χ0n) is 16.5. The highest BCUT2D eigenvalue weighted by atomic mass is 35.5. The Labute approximate surface area is 183 Å². The van der Waals surface area contributed by atoms with Crippen molar-refractivity contribution < 1.29 is 14.3 Å². The Kier molecular flexibility index (Phi) is 5.44. The van der Waals surface area contributed by atoms with Gasteiger partial charge in [-0.3, -0.25) is 9.59 Å². The second kappa shape index (κ2) is 7.91. The Morgan fingerprint density at radius 1 is 1.23 bits per heavy atom. The van der Waals surface area contributed by atoms with Gasteiger partial charge in [-0.15, -0.1) is 0 Å². The lowest BCUT2D eigenvalue weighted by molar-refractivity contribution is -0.125. The monoisotopic (exact) mass is 446 g/mol. The number of hydrogen-bond donors (Lipinski definition) is 2. The number of carbonyl (C=O) groups is 2. The average Bonchev–Trinajstić information content (AvgIpc) is 3.13. The summed E-state index contributed by atoms with van der Waals surface area (Å²) >= 11 is 12.4. The van der Waals surface area contributed by atoms with Crippen LogP contribution < -0.4 is 10.2 Å². The highest BCUT2D eigenvalue weighted by Gasteiger charge is 2.33. The summed E-state index contributed by atoms with van der Waals surface area (Å²) in [6, 6.07) is 10.4. The number of benzene rings is 2. The van der Waals surface area contributed by atoms with E-state index in [-0.39, 0.29) is 18.4 Å². The quantitative estimate of drug-likeness (QED) is 0.629. The lowest BCUT2D eigenvalue weighted by Crippen LogP contribution is -2.41. The lowest BCUT2D eigenvalue weighted by Gasteiger charge is -2.28. The molecular weight excluding hydrogens is 427 g/mol. The number of carbonyl (C=O) groups excluding carboxylic acids is 2. The van der Waals surface area contributed by atoms with Crippen LogP contribution >= 0.6 is 23.2 Å². The molecule has 9 heteroatoms. The zero-order chi connectivity index (χ0) is 21.5. The average molecular weight is 447 g/mol. The highest BCUT2D eigenvalue weighted by molar-refractivity contribution is 6.34. The van der Waals surface area contributed by atoms with Crippen LogP contribution in [0.4, 0.5) is 11.4 Å². The van der Waals surface area contributed by atoms with Gasteiger partial charge < -0.3 is 19.9 Å². The van der Waals surface area contributed by atoms with E-state index in [2.05, 4.69) is 15.3 Å². The van der Waals surface area contributed by atoms with Crippen LogP contribution in [0.25, 0.3) is 11.0 Å². The van der Waals surface area contributed by atoms with Crippen LogP contribution in [0.1, 0.15) is 19.7 Å². The number of nitrogens with one attached hydrogen (secondary N) is 2. The van der Waals surface area contributed by atoms with E-state index in [1.807, 2.05) is 6.07 Å². The minimum atomic E-state index is -0.934. The lowest BCUT2D eigenvalue weighted by atomic mass is 9.91. The molecular formula is C21H20Cl2N4O3. The molecule has 2 heterocycles. The van der Waals surface area contributed by atoms with Crippen LogP contribution in [0, 0.1) is 0 Å². The molecule has 0 bridgehead atoms. The van der Waals surface area contributed by atoms with Crippen molar-refractivity contribution in [3.05, 3.63) is 52.3 Å². The van der Waals surface area contributed by atoms with Crippen LogP contribution in [-0.4, -0.2) is 41.5 Å². The van der Waals surface area contributed by atoms with Crippen molar-refractivity contribution in [1.82, 2.24) is 9.97 Å². The molecule has 2 N–H and O–H groups in total. The molecule has 0 spiro atoms. The first-order valence-electron chi connectivity index (χ1n) is 9.40. The molecule has 1 aliphatic heterocycles. The van der Waals surface area contributed by atoms with Crippen molar-refractivity contribution in [2.24, 2.45) is 0 Å². The Bertz CT molecular complexity index is 1140. The molecule has 30 heavy (non-hydrogen) atoms. The molecule has 0 radical (unpaired) electrons. The first-order chi connectivity index (χ1) is 14.3. The van der Waals surface area contributed by atoms with E-state index in [1.54, 1.807) is 49.1 Å². The molecule has 1 fully saturated rings. The molecule has 0 saturated carbocycles. The van der Waals surface area contributed by atoms with Crippen LogP contribution in [0.15, 0.2) is 36.4 Å². The number of ether oxygens (including phenoxy) is 1. The van der Waals surface area contributed by atoms with E-state index in [4.69, 9.17) is 27.9 Å². The maximum Gasteiger partial charge on any atom is 0.253 e. The molecule has 0 unspecified atom stereocenters. The van der Waals surface area contributed by atoms with E-state index < -0.39 is 5.41 Å². The van der Waals surface area contributed by atoms with Gasteiger partial charge in [-0.1, -0.05) is 23.2 Å². The summed E-state index contributed by atoms with van der Waals surface area (Å²) in [6.45, 7) is 4.49. The molecule has 1 aliphatic rings. The van der Waals surface area contributed by atoms with Gasteiger partial charge in [0, 0.05) is 17.3 Å². The van der Waals surface area contributed by atoms with Gasteiger partial charge in [0.05, 0.1) is 28.4 Å². The minimum absolute atomic E-state index is 0.0335. The Balaban J connectivity index is 1.54. The number of aromatic amines is 1. The Hall–Kier alpha value is -2.61. The molecule has 156 valence electrons. The molecule has 0 aliphatic carbocycles. The first-order valence-corrected chi connectivity index (χ1v) is 10.2. The highest BCUT2D eigenvalue weighted by Crippen LogP contribution is 2.31. The molecule has 7 nitrogen and oxygen atoms in total. The van der Waals surface area contributed by atoms with E-state index in [1.165, 1.54) is 0 Å². The second-order valence-electron chi connectivity index (χ2n) is 7.59. The number of halogens is 2. The van der Waals surface area contributed by atoms with Gasteiger partial charge in [0.2, 0.25) is 5.91 Å². The Morgan fingerprint density at radius 2 is 2.03 bits per heavy atom. The fourth-order valence-electron chi connectivity index (χ4n) is 3.25. The van der Waals surface area contributed by atoms with Crippen molar-refractivity contribution in [2.45, 2.75) is 19.3 Å². The number of nitrogens with zero attached hydrogens (tertiary/aromatic N) is 2. The predicted octanol–water partition coefficient (Wildman–Crippen LogP) is 4.15. The molecule has 2 amide bonds. The molecule has 2 aromatic carbocycles. The molecule has 3 aromatic rings. The topological polar surface area (TPSA) is 87.3 Å². The van der Waals surface area contributed by atoms with Crippen LogP contribution in [-0.2, 0) is 19.7 Å². The van der Waals surface area contributed by atoms with Crippen molar-refractivity contribution in [2.75, 3.05) is 30.0 Å². The summed E-state index contributed by atoms with van der Waals surface area (Å²) in [5.74, 6) is 0.129. The number of imidazole rings is 1. The van der Waals surface area contributed by atoms with Gasteiger partial charge in [-0.05, 0) is 50.2 Å². The third-order valence-corrected chi connectivity index (χ3v) is 5.62. The van der Waals surface area contributed by atoms with E-state index in [0.717, 1.165) is 5.52 Å². The van der Waals surface area contributed by atoms with Crippen molar-refractivity contribution in [3.8, 4) is 0 Å². The van der Waals surface area contributed by atoms with Gasteiger partial charge >= 0.3 is 0 Å². The number of morpholine rings is 1. The maximum atomic E-state index is 13.0. The normalized spacial score (nSPS) is 14.9. The summed E-state index contributed by atoms with van der Waals surface area (Å²) in [5, 5.41) is 3.84. The fraction of sp³-hybridized carbons (Fsp3) is 0.286. The van der Waals surface area contributed by atoms with Gasteiger partial charge in [-0.25, -0.2) is 4.98 Å². The third kappa shape index (κ3) is 3.88. The summed E-state index contributed by atoms with van der Waals surface area (Å²) in [7, 11) is 0. The van der Waals surface area contributed by atoms with Gasteiger partial charge in [0.25, 0.3) is 5.91 Å². The van der Waals surface area contributed by atoms with E-state index in [0.29, 0.717) is 45.9 Å². The number of anilines is 2. The van der Waals surface area contributed by atoms with Gasteiger partial charge in [-0.2, -0.15) is 0 Å². The number of hydrogen-bond acceptors (Lipinski definition) is 4. The standard InChI is InChI=1S/C21H20Cl2N4O3/c1-21(2,19-25-15-5-3-12(22)9-16(15)26-19)20(29)24-13-4-6-17(14(23)10-13)27-7-8-30-11-18(27)28/h3-6,9-10H,7-8,11H2,1-2H3,(H,24,29)(H,25,26). The molecule has 4 rings (SSSR count). The summed E-state index contributed by atoms with van der Waals surface area (Å²) < 4.78 is 5.15. The van der Waals surface area contributed by atoms with Crippen molar-refractivity contribution in [3.63, 3.8) is 0 Å². The fourth-order valence-corrected chi connectivity index (χ4v) is 3.70. The van der Waals surface area contributed by atoms with Crippen LogP contribution in [0.5, 0.6) is 0 Å². The number of fused-ring (bicyclic) bond motifs is 1. The first kappa shape index (κ1) is 20.7. The van der Waals surface area contributed by atoms with Crippen molar-refractivity contribution in [1.29, 1.82) is 0 Å². The predicted molar refractivity (Wildman–Crippen MR) is 117 cm³/mol. The summed E-state index contributed by atoms with van der Waals surface area (Å²) in [5.41, 5.74) is 1.69. The largest absolute Gasteiger partial charge is 0.370 e. The molecule has 0 atom stereocenters. The van der Waals surface area contributed by atoms with Crippen molar-refractivity contribution >= 4 is 57.4 Å². The molecule has 1 saturated heterocycles. The Morgan fingerprint density at radius 3 is 2.77 bits per heavy atom. The maximum absolute atomic E-state index is 13.0. The number of amides is 2. The van der Waals surface area contributed by atoms with E-state index in [9.17, 15) is 9.59 Å². The molecule has 1 aromatic heterocycles. The number of aromatic nitrogens is 2. The summed E-state index contributed by atoms with van der Waals surface area (Å²) in [6.07, 6.45) is 0. The SMILES string of the molecule is CC(C)(C(=O)Nc1ccc(N2CCOCC2=O)c(Cl)c1)c1nc2cc(Cl)ccc2[nH]1. The van der Waals surface area contributed by atoms with Crippen LogP contribution in [0.2, 0.25) is 10.0 Å². The smallest absolute Gasteiger partial charge is 0.253 e. The number of rotatable bonds is 4.